The van der Waals surface area contributed by atoms with E-state index in [9.17, 15) is 4.79 Å². The topological polar surface area (TPSA) is 35.5 Å². The maximum atomic E-state index is 11.8. The Balaban J connectivity index is 1.88. The van der Waals surface area contributed by atoms with Gasteiger partial charge in [0.2, 0.25) is 0 Å². The second kappa shape index (κ2) is 6.96. The first-order valence-electron chi connectivity index (χ1n) is 6.26. The van der Waals surface area contributed by atoms with Gasteiger partial charge in [-0.1, -0.05) is 29.8 Å². The minimum absolute atomic E-state index is 0.282. The van der Waals surface area contributed by atoms with E-state index < -0.39 is 0 Å². The van der Waals surface area contributed by atoms with E-state index in [1.54, 1.807) is 31.4 Å². The minimum Gasteiger partial charge on any atom is -0.497 e. The summed E-state index contributed by atoms with van der Waals surface area (Å²) in [4.78, 5) is 11.8. The maximum absolute atomic E-state index is 11.8. The van der Waals surface area contributed by atoms with Crippen LogP contribution in [0, 0.1) is 0 Å². The Kier molecular flexibility index (Phi) is 5.02. The van der Waals surface area contributed by atoms with Gasteiger partial charge in [-0.3, -0.25) is 4.79 Å². The average Bonchev–Trinajstić information content (AvgIpc) is 2.45. The van der Waals surface area contributed by atoms with Gasteiger partial charge in [-0.25, -0.2) is 0 Å². The highest BCUT2D eigenvalue weighted by atomic mass is 35.5. The number of ether oxygens (including phenoxy) is 2. The normalized spacial score (nSPS) is 10.1. The zero-order chi connectivity index (χ0) is 14.4. The molecule has 0 fully saturated rings. The van der Waals surface area contributed by atoms with Gasteiger partial charge in [0.1, 0.15) is 11.5 Å². The number of aryl methyl sites for hydroxylation is 1. The molecule has 2 aromatic carbocycles. The molecule has 0 unspecified atom stereocenters. The van der Waals surface area contributed by atoms with E-state index in [2.05, 4.69) is 0 Å². The Bertz CT molecular complexity index is 596. The fourth-order valence-corrected chi connectivity index (χ4v) is 1.97. The van der Waals surface area contributed by atoms with Gasteiger partial charge in [0, 0.05) is 11.4 Å². The lowest BCUT2D eigenvalue weighted by atomic mass is 10.1. The van der Waals surface area contributed by atoms with Crippen molar-refractivity contribution in [3.8, 4) is 11.5 Å². The molecular weight excluding hydrogens is 276 g/mol. The van der Waals surface area contributed by atoms with Crippen molar-refractivity contribution < 1.29 is 14.3 Å². The zero-order valence-electron chi connectivity index (χ0n) is 11.1. The van der Waals surface area contributed by atoms with Gasteiger partial charge >= 0.3 is 5.97 Å². The third-order valence-corrected chi connectivity index (χ3v) is 3.01. The number of esters is 1. The van der Waals surface area contributed by atoms with Crippen molar-refractivity contribution in [3.05, 3.63) is 59.1 Å². The lowest BCUT2D eigenvalue weighted by Gasteiger charge is -2.06. The van der Waals surface area contributed by atoms with E-state index in [-0.39, 0.29) is 5.97 Å². The summed E-state index contributed by atoms with van der Waals surface area (Å²) < 4.78 is 10.4. The molecule has 104 valence electrons. The van der Waals surface area contributed by atoms with E-state index in [0.717, 1.165) is 11.3 Å². The van der Waals surface area contributed by atoms with E-state index in [1.807, 2.05) is 24.3 Å². The molecule has 0 N–H and O–H groups in total. The van der Waals surface area contributed by atoms with Crippen molar-refractivity contribution >= 4 is 17.6 Å². The molecule has 0 saturated heterocycles. The lowest BCUT2D eigenvalue weighted by Crippen LogP contribution is -2.09. The van der Waals surface area contributed by atoms with Crippen molar-refractivity contribution in [1.29, 1.82) is 0 Å². The molecule has 0 bridgehead atoms. The van der Waals surface area contributed by atoms with Crippen LogP contribution >= 0.6 is 11.6 Å². The summed E-state index contributed by atoms with van der Waals surface area (Å²) in [6, 6.07) is 14.4. The van der Waals surface area contributed by atoms with Crippen LogP contribution in [0.1, 0.15) is 12.0 Å². The van der Waals surface area contributed by atoms with E-state index in [4.69, 9.17) is 21.1 Å². The molecule has 20 heavy (non-hydrogen) atoms. The number of benzene rings is 2. The molecule has 0 radical (unpaired) electrons. The van der Waals surface area contributed by atoms with Crippen LogP contribution in [0.15, 0.2) is 48.5 Å². The SMILES string of the molecule is COc1cccc(CCC(=O)Oc2cccc(Cl)c2)c1. The molecule has 0 amide bonds. The number of methoxy groups -OCH3 is 1. The number of halogens is 1. The first kappa shape index (κ1) is 14.4. The molecule has 0 aliphatic carbocycles. The van der Waals surface area contributed by atoms with Gasteiger partial charge in [-0.2, -0.15) is 0 Å². The molecule has 2 aromatic rings. The third kappa shape index (κ3) is 4.28. The molecule has 0 saturated carbocycles. The number of carbonyl (C=O) groups is 1. The average molecular weight is 291 g/mol. The fraction of sp³-hybridized carbons (Fsp3) is 0.188. The van der Waals surface area contributed by atoms with Gasteiger partial charge in [0.25, 0.3) is 0 Å². The highest BCUT2D eigenvalue weighted by Crippen LogP contribution is 2.18. The maximum Gasteiger partial charge on any atom is 0.311 e. The molecular formula is C16H15ClO3. The zero-order valence-corrected chi connectivity index (χ0v) is 11.9. The molecule has 4 heteroatoms. The smallest absolute Gasteiger partial charge is 0.311 e. The van der Waals surface area contributed by atoms with Crippen LogP contribution in [-0.4, -0.2) is 13.1 Å². The predicted octanol–water partition coefficient (Wildman–Crippen LogP) is 3.89. The number of carbonyl (C=O) groups excluding carboxylic acids is 1. The molecule has 2 rings (SSSR count). The monoisotopic (exact) mass is 290 g/mol. The van der Waals surface area contributed by atoms with Crippen LogP contribution in [-0.2, 0) is 11.2 Å². The summed E-state index contributed by atoms with van der Waals surface area (Å²) in [6.45, 7) is 0. The van der Waals surface area contributed by atoms with Crippen LogP contribution in [0.2, 0.25) is 5.02 Å². The van der Waals surface area contributed by atoms with E-state index in [0.29, 0.717) is 23.6 Å². The molecule has 0 aromatic heterocycles. The van der Waals surface area contributed by atoms with E-state index in [1.165, 1.54) is 0 Å². The van der Waals surface area contributed by atoms with Gasteiger partial charge in [-0.05, 0) is 42.3 Å². The number of rotatable bonds is 5. The van der Waals surface area contributed by atoms with Crippen molar-refractivity contribution in [2.45, 2.75) is 12.8 Å². The van der Waals surface area contributed by atoms with Crippen molar-refractivity contribution in [3.63, 3.8) is 0 Å². The van der Waals surface area contributed by atoms with Crippen molar-refractivity contribution in [2.24, 2.45) is 0 Å². The summed E-state index contributed by atoms with van der Waals surface area (Å²) in [5.41, 5.74) is 1.03. The van der Waals surface area contributed by atoms with Crippen LogP contribution in [0.5, 0.6) is 11.5 Å². The van der Waals surface area contributed by atoms with Crippen LogP contribution in [0.3, 0.4) is 0 Å². The van der Waals surface area contributed by atoms with Crippen molar-refractivity contribution in [2.75, 3.05) is 7.11 Å². The largest absolute Gasteiger partial charge is 0.497 e. The highest BCUT2D eigenvalue weighted by molar-refractivity contribution is 6.30. The first-order chi connectivity index (χ1) is 9.67. The second-order valence-electron chi connectivity index (χ2n) is 4.28. The number of hydrogen-bond acceptors (Lipinski definition) is 3. The Morgan fingerprint density at radius 1 is 1.10 bits per heavy atom. The predicted molar refractivity (Wildman–Crippen MR) is 78.4 cm³/mol. The van der Waals surface area contributed by atoms with E-state index >= 15 is 0 Å². The van der Waals surface area contributed by atoms with Gasteiger partial charge in [-0.15, -0.1) is 0 Å². The Hall–Kier alpha value is -2.00. The molecule has 0 spiro atoms. The Morgan fingerprint density at radius 2 is 1.85 bits per heavy atom. The standard InChI is InChI=1S/C16H15ClO3/c1-19-14-6-2-4-12(10-14)8-9-16(18)20-15-7-3-5-13(17)11-15/h2-7,10-11H,8-9H2,1H3. The van der Waals surface area contributed by atoms with Crippen molar-refractivity contribution in [1.82, 2.24) is 0 Å². The summed E-state index contributed by atoms with van der Waals surface area (Å²) in [5, 5.41) is 0.545. The highest BCUT2D eigenvalue weighted by Gasteiger charge is 2.06. The molecule has 3 nitrogen and oxygen atoms in total. The molecule has 0 aliphatic rings. The number of hydrogen-bond donors (Lipinski definition) is 0. The van der Waals surface area contributed by atoms with Gasteiger partial charge < -0.3 is 9.47 Å². The summed E-state index contributed by atoms with van der Waals surface area (Å²) in [5.74, 6) is 0.967. The molecule has 0 aliphatic heterocycles. The molecule has 0 atom stereocenters. The quantitative estimate of drug-likeness (QED) is 0.619. The van der Waals surface area contributed by atoms with Crippen LogP contribution in [0.4, 0.5) is 0 Å². The minimum atomic E-state index is -0.282. The van der Waals surface area contributed by atoms with Gasteiger partial charge in [0.05, 0.1) is 7.11 Å². The second-order valence-corrected chi connectivity index (χ2v) is 4.72. The van der Waals surface area contributed by atoms with Gasteiger partial charge in [0.15, 0.2) is 0 Å². The van der Waals surface area contributed by atoms with Crippen LogP contribution < -0.4 is 9.47 Å². The Morgan fingerprint density at radius 3 is 2.60 bits per heavy atom. The fourth-order valence-electron chi connectivity index (χ4n) is 1.79. The van der Waals surface area contributed by atoms with Crippen LogP contribution in [0.25, 0.3) is 0 Å². The summed E-state index contributed by atoms with van der Waals surface area (Å²) in [7, 11) is 1.62. The Labute approximate surface area is 123 Å². The summed E-state index contributed by atoms with van der Waals surface area (Å²) in [6.07, 6.45) is 0.913. The molecule has 0 heterocycles. The first-order valence-corrected chi connectivity index (χ1v) is 6.64. The lowest BCUT2D eigenvalue weighted by molar-refractivity contribution is -0.134. The third-order valence-electron chi connectivity index (χ3n) is 2.78. The summed E-state index contributed by atoms with van der Waals surface area (Å²) >= 11 is 5.83.